The number of allylic oxidation sites excluding steroid dienone is 1. The van der Waals surface area contributed by atoms with Crippen molar-refractivity contribution in [1.82, 2.24) is 0 Å². The third-order valence-corrected chi connectivity index (χ3v) is 3.58. The maximum Gasteiger partial charge on any atom is -0.00543 e. The molecule has 0 saturated carbocycles. The molecule has 0 heterocycles. The summed E-state index contributed by atoms with van der Waals surface area (Å²) in [6, 6.07) is 17.4. The molecule has 0 fully saturated rings. The van der Waals surface area contributed by atoms with Gasteiger partial charge in [-0.15, -0.1) is 0 Å². The second kappa shape index (κ2) is 3.89. The highest BCUT2D eigenvalue weighted by atomic mass is 14.2. The number of hydrogen-bond acceptors (Lipinski definition) is 0. The van der Waals surface area contributed by atoms with Crippen LogP contribution in [0.15, 0.2) is 54.1 Å². The van der Waals surface area contributed by atoms with Crippen molar-refractivity contribution in [3.8, 4) is 0 Å². The smallest absolute Gasteiger partial charge is 0.00543 e. The fraction of sp³-hybridized carbons (Fsp3) is 0.176. The van der Waals surface area contributed by atoms with E-state index in [1.165, 1.54) is 33.4 Å². The van der Waals surface area contributed by atoms with Crippen LogP contribution in [0.25, 0.3) is 5.57 Å². The zero-order chi connectivity index (χ0) is 11.8. The van der Waals surface area contributed by atoms with E-state index in [0.717, 1.165) is 6.42 Å². The number of hydrogen-bond donors (Lipinski definition) is 0. The second-order valence-electron chi connectivity index (χ2n) is 4.80. The van der Waals surface area contributed by atoms with Gasteiger partial charge in [-0.05, 0) is 48.1 Å². The van der Waals surface area contributed by atoms with E-state index in [0.29, 0.717) is 0 Å². The van der Waals surface area contributed by atoms with Gasteiger partial charge in [0.25, 0.3) is 0 Å². The minimum Gasteiger partial charge on any atom is -0.0620 e. The highest BCUT2D eigenvalue weighted by Crippen LogP contribution is 2.38. The number of aryl methyl sites for hydroxylation is 1. The lowest BCUT2D eigenvalue weighted by atomic mass is 9.94. The standard InChI is InChI=1S/C17H16/c1-12-7-3-5-9-15(12)17-13(2)11-14-8-4-6-10-16(14)17/h3-10H,11H2,1-2H3. The van der Waals surface area contributed by atoms with Crippen LogP contribution >= 0.6 is 0 Å². The summed E-state index contributed by atoms with van der Waals surface area (Å²) < 4.78 is 0. The molecule has 0 aromatic heterocycles. The summed E-state index contributed by atoms with van der Waals surface area (Å²) in [7, 11) is 0. The first-order valence-corrected chi connectivity index (χ1v) is 6.11. The third-order valence-electron chi connectivity index (χ3n) is 3.58. The zero-order valence-electron chi connectivity index (χ0n) is 10.3. The first kappa shape index (κ1) is 10.3. The van der Waals surface area contributed by atoms with Gasteiger partial charge in [0.1, 0.15) is 0 Å². The van der Waals surface area contributed by atoms with Crippen molar-refractivity contribution < 1.29 is 0 Å². The van der Waals surface area contributed by atoms with Crippen molar-refractivity contribution in [2.75, 3.05) is 0 Å². The Hall–Kier alpha value is -1.82. The van der Waals surface area contributed by atoms with Gasteiger partial charge < -0.3 is 0 Å². The highest BCUT2D eigenvalue weighted by Gasteiger charge is 2.20. The van der Waals surface area contributed by atoms with Crippen molar-refractivity contribution in [3.63, 3.8) is 0 Å². The van der Waals surface area contributed by atoms with Crippen molar-refractivity contribution in [2.24, 2.45) is 0 Å². The van der Waals surface area contributed by atoms with E-state index in [4.69, 9.17) is 0 Å². The van der Waals surface area contributed by atoms with Gasteiger partial charge >= 0.3 is 0 Å². The Bertz CT molecular complexity index is 603. The van der Waals surface area contributed by atoms with Gasteiger partial charge in [-0.1, -0.05) is 54.1 Å². The topological polar surface area (TPSA) is 0 Å². The van der Waals surface area contributed by atoms with Crippen LogP contribution in [0.1, 0.15) is 29.2 Å². The predicted molar refractivity (Wildman–Crippen MR) is 73.0 cm³/mol. The molecule has 0 heteroatoms. The monoisotopic (exact) mass is 220 g/mol. The van der Waals surface area contributed by atoms with E-state index >= 15 is 0 Å². The number of benzene rings is 2. The lowest BCUT2D eigenvalue weighted by Gasteiger charge is -2.10. The molecular formula is C17H16. The maximum absolute atomic E-state index is 2.25. The quantitative estimate of drug-likeness (QED) is 0.669. The van der Waals surface area contributed by atoms with Gasteiger partial charge in [-0.25, -0.2) is 0 Å². The van der Waals surface area contributed by atoms with E-state index in [-0.39, 0.29) is 0 Å². The van der Waals surface area contributed by atoms with Crippen LogP contribution in [0.2, 0.25) is 0 Å². The molecular weight excluding hydrogens is 204 g/mol. The molecule has 84 valence electrons. The summed E-state index contributed by atoms with van der Waals surface area (Å²) in [5.74, 6) is 0. The Morgan fingerprint density at radius 3 is 2.18 bits per heavy atom. The van der Waals surface area contributed by atoms with Crippen LogP contribution in [0, 0.1) is 6.92 Å². The van der Waals surface area contributed by atoms with Crippen LogP contribution in [-0.4, -0.2) is 0 Å². The van der Waals surface area contributed by atoms with Gasteiger partial charge in [0.15, 0.2) is 0 Å². The van der Waals surface area contributed by atoms with Crippen molar-refractivity contribution in [3.05, 3.63) is 76.4 Å². The molecule has 17 heavy (non-hydrogen) atoms. The summed E-state index contributed by atoms with van der Waals surface area (Å²) in [4.78, 5) is 0. The third kappa shape index (κ3) is 1.61. The molecule has 0 unspecified atom stereocenters. The van der Waals surface area contributed by atoms with E-state index in [1.54, 1.807) is 0 Å². The van der Waals surface area contributed by atoms with Crippen molar-refractivity contribution in [2.45, 2.75) is 20.3 Å². The van der Waals surface area contributed by atoms with E-state index in [1.807, 2.05) is 0 Å². The van der Waals surface area contributed by atoms with Crippen LogP contribution in [0.3, 0.4) is 0 Å². The van der Waals surface area contributed by atoms with Crippen LogP contribution in [0.5, 0.6) is 0 Å². The molecule has 0 nitrogen and oxygen atoms in total. The fourth-order valence-corrected chi connectivity index (χ4v) is 2.75. The van der Waals surface area contributed by atoms with Gasteiger partial charge in [-0.3, -0.25) is 0 Å². The summed E-state index contributed by atoms with van der Waals surface area (Å²) in [5.41, 5.74) is 8.55. The minimum atomic E-state index is 1.10. The van der Waals surface area contributed by atoms with E-state index in [2.05, 4.69) is 62.4 Å². The van der Waals surface area contributed by atoms with E-state index in [9.17, 15) is 0 Å². The van der Waals surface area contributed by atoms with E-state index < -0.39 is 0 Å². The molecule has 0 N–H and O–H groups in total. The fourth-order valence-electron chi connectivity index (χ4n) is 2.75. The molecule has 0 bridgehead atoms. The Morgan fingerprint density at radius 1 is 0.765 bits per heavy atom. The molecule has 0 spiro atoms. The molecule has 3 rings (SSSR count). The molecule has 0 saturated heterocycles. The minimum absolute atomic E-state index is 1.10. The predicted octanol–water partition coefficient (Wildman–Crippen LogP) is 4.37. The normalized spacial score (nSPS) is 14.0. The van der Waals surface area contributed by atoms with Gasteiger partial charge in [0, 0.05) is 0 Å². The average Bonchev–Trinajstić information content (AvgIpc) is 2.66. The van der Waals surface area contributed by atoms with Gasteiger partial charge in [-0.2, -0.15) is 0 Å². The highest BCUT2D eigenvalue weighted by molar-refractivity contribution is 5.88. The Morgan fingerprint density at radius 2 is 1.41 bits per heavy atom. The summed E-state index contributed by atoms with van der Waals surface area (Å²) in [6.07, 6.45) is 1.10. The van der Waals surface area contributed by atoms with Crippen LogP contribution < -0.4 is 0 Å². The summed E-state index contributed by atoms with van der Waals surface area (Å²) in [6.45, 7) is 4.44. The number of rotatable bonds is 1. The molecule has 0 aliphatic heterocycles. The van der Waals surface area contributed by atoms with Crippen LogP contribution in [-0.2, 0) is 6.42 Å². The van der Waals surface area contributed by atoms with Crippen LogP contribution in [0.4, 0.5) is 0 Å². The second-order valence-corrected chi connectivity index (χ2v) is 4.80. The Labute approximate surface area is 103 Å². The summed E-state index contributed by atoms with van der Waals surface area (Å²) in [5, 5.41) is 0. The number of fused-ring (bicyclic) bond motifs is 1. The first-order chi connectivity index (χ1) is 8.27. The maximum atomic E-state index is 2.25. The largest absolute Gasteiger partial charge is 0.0620 e. The molecule has 0 amide bonds. The molecule has 2 aromatic carbocycles. The SMILES string of the molecule is CC1=C(c2ccccc2C)c2ccccc2C1. The average molecular weight is 220 g/mol. The van der Waals surface area contributed by atoms with Gasteiger partial charge in [0.2, 0.25) is 0 Å². The zero-order valence-corrected chi connectivity index (χ0v) is 10.3. The molecule has 1 aliphatic rings. The first-order valence-electron chi connectivity index (χ1n) is 6.11. The molecule has 2 aromatic rings. The Kier molecular flexibility index (Phi) is 2.36. The summed E-state index contributed by atoms with van der Waals surface area (Å²) >= 11 is 0. The van der Waals surface area contributed by atoms with Crippen molar-refractivity contribution >= 4 is 5.57 Å². The Balaban J connectivity index is 2.22. The molecule has 0 radical (unpaired) electrons. The molecule has 1 aliphatic carbocycles. The lowest BCUT2D eigenvalue weighted by Crippen LogP contribution is -1.90. The molecule has 0 atom stereocenters. The lowest BCUT2D eigenvalue weighted by molar-refractivity contribution is 1.19. The van der Waals surface area contributed by atoms with Gasteiger partial charge in [0.05, 0.1) is 0 Å². The van der Waals surface area contributed by atoms with Crippen molar-refractivity contribution in [1.29, 1.82) is 0 Å².